The molecule has 106 valence electrons. The molecule has 0 saturated carbocycles. The van der Waals surface area contributed by atoms with Crippen LogP contribution in [-0.2, 0) is 0 Å². The average Bonchev–Trinajstić information content (AvgIpc) is 2.84. The van der Waals surface area contributed by atoms with Crippen molar-refractivity contribution < 1.29 is 0 Å². The molecule has 2 rings (SSSR count). The van der Waals surface area contributed by atoms with Crippen LogP contribution in [0, 0.1) is 5.41 Å². The second-order valence-corrected chi connectivity index (χ2v) is 5.43. The van der Waals surface area contributed by atoms with E-state index in [1.165, 1.54) is 11.1 Å². The van der Waals surface area contributed by atoms with Crippen LogP contribution in [0.1, 0.15) is 13.8 Å². The third-order valence-corrected chi connectivity index (χ3v) is 4.88. The highest BCUT2D eigenvalue weighted by Crippen LogP contribution is 2.63. The molecule has 1 atom stereocenters. The largest absolute Gasteiger partial charge is 0.0987 e. The van der Waals surface area contributed by atoms with Gasteiger partial charge in [-0.25, -0.2) is 0 Å². The summed E-state index contributed by atoms with van der Waals surface area (Å²) in [6.07, 6.45) is 7.54. The molecule has 21 heavy (non-hydrogen) atoms. The molecule has 1 spiro atoms. The first-order valence-electron chi connectivity index (χ1n) is 6.99. The molecule has 0 N–H and O–H groups in total. The third kappa shape index (κ3) is 1.50. The van der Waals surface area contributed by atoms with Gasteiger partial charge in [-0.1, -0.05) is 69.4 Å². The van der Waals surface area contributed by atoms with Crippen LogP contribution in [0.4, 0.5) is 0 Å². The van der Waals surface area contributed by atoms with E-state index in [1.54, 1.807) is 0 Å². The fourth-order valence-electron chi connectivity index (χ4n) is 3.76. The Balaban J connectivity index is 3.01. The third-order valence-electron chi connectivity index (χ3n) is 4.88. The van der Waals surface area contributed by atoms with Gasteiger partial charge < -0.3 is 0 Å². The average molecular weight is 274 g/mol. The van der Waals surface area contributed by atoms with Crippen molar-refractivity contribution in [3.05, 3.63) is 108 Å². The van der Waals surface area contributed by atoms with Crippen molar-refractivity contribution in [3.63, 3.8) is 0 Å². The number of rotatable bonds is 4. The summed E-state index contributed by atoms with van der Waals surface area (Å²) in [5.41, 5.74) is 8.32. The highest BCUT2D eigenvalue weighted by Gasteiger charge is 2.51. The predicted octanol–water partition coefficient (Wildman–Crippen LogP) is 5.79. The summed E-state index contributed by atoms with van der Waals surface area (Å²) in [5.74, 6) is 0. The number of hydrogen-bond donors (Lipinski definition) is 0. The maximum Gasteiger partial charge on any atom is 0.0676 e. The lowest BCUT2D eigenvalue weighted by Gasteiger charge is -2.33. The minimum atomic E-state index is -0.405. The van der Waals surface area contributed by atoms with Gasteiger partial charge in [0.1, 0.15) is 0 Å². The topological polar surface area (TPSA) is 0 Å². The Morgan fingerprint density at radius 3 is 1.67 bits per heavy atom. The lowest BCUT2D eigenvalue weighted by molar-refractivity contribution is 0.680. The Labute approximate surface area is 128 Å². The van der Waals surface area contributed by atoms with Crippen LogP contribution in [0.25, 0.3) is 0 Å². The molecule has 0 heterocycles. The Kier molecular flexibility index (Phi) is 3.51. The molecule has 0 aromatic carbocycles. The summed E-state index contributed by atoms with van der Waals surface area (Å²) in [5, 5.41) is 0. The molecule has 0 radical (unpaired) electrons. The fourth-order valence-corrected chi connectivity index (χ4v) is 3.76. The second kappa shape index (κ2) is 4.89. The first-order chi connectivity index (χ1) is 9.93. The molecular formula is C21H22. The highest BCUT2D eigenvalue weighted by molar-refractivity contribution is 5.79. The molecule has 0 aromatic rings. The molecule has 0 amide bonds. The summed E-state index contributed by atoms with van der Waals surface area (Å²) in [6, 6.07) is 0. The van der Waals surface area contributed by atoms with Crippen molar-refractivity contribution in [2.75, 3.05) is 0 Å². The number of hydrogen-bond acceptors (Lipinski definition) is 0. The van der Waals surface area contributed by atoms with Gasteiger partial charge in [-0.2, -0.15) is 0 Å². The van der Waals surface area contributed by atoms with E-state index in [0.717, 1.165) is 33.4 Å². The van der Waals surface area contributed by atoms with E-state index in [9.17, 15) is 0 Å². The molecule has 0 heteroatoms. The van der Waals surface area contributed by atoms with Gasteiger partial charge in [0.05, 0.1) is 5.41 Å². The Morgan fingerprint density at radius 1 is 0.762 bits per heavy atom. The van der Waals surface area contributed by atoms with Crippen molar-refractivity contribution in [2.24, 2.45) is 5.41 Å². The zero-order valence-corrected chi connectivity index (χ0v) is 13.1. The van der Waals surface area contributed by atoms with Gasteiger partial charge in [0.25, 0.3) is 0 Å². The summed E-state index contributed by atoms with van der Waals surface area (Å²) in [6.45, 7) is 28.7. The Hall–Kier alpha value is -2.34. The van der Waals surface area contributed by atoms with Crippen molar-refractivity contribution in [2.45, 2.75) is 13.8 Å². The number of allylic oxidation sites excluding steroid dienone is 12. The lowest BCUT2D eigenvalue weighted by Crippen LogP contribution is -2.23. The molecule has 0 nitrogen and oxygen atoms in total. The van der Waals surface area contributed by atoms with Gasteiger partial charge in [-0.3, -0.25) is 0 Å². The summed E-state index contributed by atoms with van der Waals surface area (Å²) in [4.78, 5) is 0. The molecule has 0 fully saturated rings. The van der Waals surface area contributed by atoms with Crippen LogP contribution >= 0.6 is 0 Å². The van der Waals surface area contributed by atoms with E-state index in [2.05, 4.69) is 53.3 Å². The molecule has 0 aromatic heterocycles. The van der Waals surface area contributed by atoms with Gasteiger partial charge in [0.2, 0.25) is 0 Å². The first kappa shape index (κ1) is 15.1. The van der Waals surface area contributed by atoms with Crippen LogP contribution in [-0.4, -0.2) is 0 Å². The smallest absolute Gasteiger partial charge is 0.0676 e. The van der Waals surface area contributed by atoms with Crippen LogP contribution in [0.2, 0.25) is 0 Å². The monoisotopic (exact) mass is 274 g/mol. The first-order valence-corrected chi connectivity index (χ1v) is 6.99. The SMILES string of the molecule is C=CC1=C(C=C)C2(C(=C)C1=C)C(C)=C(C)C(C=C)=C2C=C. The molecule has 2 aliphatic carbocycles. The molecule has 0 saturated heterocycles. The lowest BCUT2D eigenvalue weighted by atomic mass is 9.68. The summed E-state index contributed by atoms with van der Waals surface area (Å²) >= 11 is 0. The van der Waals surface area contributed by atoms with E-state index in [-0.39, 0.29) is 0 Å². The highest BCUT2D eigenvalue weighted by atomic mass is 14.5. The van der Waals surface area contributed by atoms with Gasteiger partial charge in [0, 0.05) is 0 Å². The maximum atomic E-state index is 4.33. The molecule has 1 unspecified atom stereocenters. The van der Waals surface area contributed by atoms with E-state index in [1.807, 2.05) is 24.3 Å². The van der Waals surface area contributed by atoms with Crippen LogP contribution in [0.5, 0.6) is 0 Å². The van der Waals surface area contributed by atoms with E-state index in [0.29, 0.717) is 0 Å². The zero-order chi connectivity index (χ0) is 15.9. The molecular weight excluding hydrogens is 252 g/mol. The molecule has 0 bridgehead atoms. The molecule has 2 aliphatic rings. The fraction of sp³-hybridized carbons (Fsp3) is 0.143. The van der Waals surface area contributed by atoms with Crippen molar-refractivity contribution in [1.82, 2.24) is 0 Å². The van der Waals surface area contributed by atoms with Crippen molar-refractivity contribution >= 4 is 0 Å². The normalized spacial score (nSPS) is 25.2. The predicted molar refractivity (Wildman–Crippen MR) is 93.9 cm³/mol. The van der Waals surface area contributed by atoms with Gasteiger partial charge in [-0.15, -0.1) is 0 Å². The standard InChI is InChI=1S/C21H22/c1-9-17-13(5)15(7)21(19(17)11-3)16(8)14(6)18(10-2)20(21)12-4/h9-12H,1-5,7H2,6,8H3. The van der Waals surface area contributed by atoms with Crippen LogP contribution < -0.4 is 0 Å². The van der Waals surface area contributed by atoms with Gasteiger partial charge in [0.15, 0.2) is 0 Å². The van der Waals surface area contributed by atoms with E-state index >= 15 is 0 Å². The van der Waals surface area contributed by atoms with Crippen LogP contribution in [0.15, 0.2) is 108 Å². The van der Waals surface area contributed by atoms with E-state index < -0.39 is 5.41 Å². The minimum Gasteiger partial charge on any atom is -0.0987 e. The zero-order valence-electron chi connectivity index (χ0n) is 13.1. The van der Waals surface area contributed by atoms with Gasteiger partial charge >= 0.3 is 0 Å². The minimum absolute atomic E-state index is 0.405. The van der Waals surface area contributed by atoms with E-state index in [4.69, 9.17) is 0 Å². The summed E-state index contributed by atoms with van der Waals surface area (Å²) < 4.78 is 0. The Bertz CT molecular complexity index is 707. The van der Waals surface area contributed by atoms with Gasteiger partial charge in [-0.05, 0) is 52.9 Å². The van der Waals surface area contributed by atoms with Crippen molar-refractivity contribution in [1.29, 1.82) is 0 Å². The molecule has 0 aliphatic heterocycles. The maximum absolute atomic E-state index is 4.33. The Morgan fingerprint density at radius 2 is 1.24 bits per heavy atom. The van der Waals surface area contributed by atoms with Crippen LogP contribution in [0.3, 0.4) is 0 Å². The second-order valence-electron chi connectivity index (χ2n) is 5.43. The summed E-state index contributed by atoms with van der Waals surface area (Å²) in [7, 11) is 0. The van der Waals surface area contributed by atoms with Crippen molar-refractivity contribution in [3.8, 4) is 0 Å². The quantitative estimate of drug-likeness (QED) is 0.609.